The SMILES string of the molecule is C=C(C)C(=O)CCC(O)COCCCCOCC(O)CNC(=O)C(=C)C.C=CC(=O)NCCCC(O)COCC(COCC(O)CCCNC(=O)C=C)OCC(O)CCCNC(=O)C=C.C=CC(=O)NCCOCC(COC)(COCCNC(=O)C=C)OCCNC(=O)C=C.C=CC(=O)NCOCC(O)CCOCC(CC)(COCCC(O)COCNC(=O)C=C)OCCC(O)COCNC(=O)C=C. The van der Waals surface area contributed by atoms with Gasteiger partial charge in [-0.2, -0.15) is 0 Å². The van der Waals surface area contributed by atoms with Gasteiger partial charge in [0.1, 0.15) is 37.5 Å². The largest absolute Gasteiger partial charge is 0.391 e. The molecule has 44 nitrogen and oxygen atoms in total. The Morgan fingerprint density at radius 3 is 0.957 bits per heavy atom. The van der Waals surface area contributed by atoms with Gasteiger partial charge in [0.15, 0.2) is 5.78 Å². The molecule has 0 heterocycles. The summed E-state index contributed by atoms with van der Waals surface area (Å²) in [7, 11) is 1.52. The zero-order chi connectivity index (χ0) is 105. The van der Waals surface area contributed by atoms with Crippen molar-refractivity contribution in [3.8, 4) is 0 Å². The van der Waals surface area contributed by atoms with Gasteiger partial charge >= 0.3 is 0 Å². The van der Waals surface area contributed by atoms with Crippen LogP contribution in [0.25, 0.3) is 0 Å². The zero-order valence-electron chi connectivity index (χ0n) is 82.1. The Balaban J connectivity index is -0.000000891. The number of carbonyl (C=O) groups is 11. The highest BCUT2D eigenvalue weighted by Gasteiger charge is 2.34. The van der Waals surface area contributed by atoms with Crippen LogP contribution in [0.15, 0.2) is 138 Å². The molecule has 10 amide bonds. The summed E-state index contributed by atoms with van der Waals surface area (Å²) >= 11 is 0. The van der Waals surface area contributed by atoms with Gasteiger partial charge in [0.05, 0.1) is 174 Å². The number of carbonyl (C=O) groups excluding carboxylic acids is 11. The maximum atomic E-state index is 11.4. The molecule has 0 bridgehead atoms. The number of rotatable bonds is 91. The highest BCUT2D eigenvalue weighted by Crippen LogP contribution is 2.21. The van der Waals surface area contributed by atoms with E-state index in [9.17, 15) is 93.6 Å². The Bertz CT molecular complexity index is 3280. The van der Waals surface area contributed by atoms with E-state index >= 15 is 0 Å². The maximum absolute atomic E-state index is 11.4. The molecule has 0 aromatic carbocycles. The lowest BCUT2D eigenvalue weighted by molar-refractivity contribution is -0.161. The van der Waals surface area contributed by atoms with Crippen molar-refractivity contribution in [2.24, 2.45) is 0 Å². The minimum absolute atomic E-state index is 0.00319. The fourth-order valence-electron chi connectivity index (χ4n) is 10.4. The van der Waals surface area contributed by atoms with Crippen LogP contribution < -0.4 is 53.2 Å². The number of methoxy groups -OCH3 is 1. The van der Waals surface area contributed by atoms with E-state index in [0.29, 0.717) is 108 Å². The summed E-state index contributed by atoms with van der Waals surface area (Å²) < 4.78 is 83.5. The molecule has 0 saturated carbocycles. The van der Waals surface area contributed by atoms with Gasteiger partial charge in [-0.15, -0.1) is 0 Å². The molecule has 0 radical (unpaired) electrons. The monoisotopic (exact) mass is 1990 g/mol. The van der Waals surface area contributed by atoms with Crippen LogP contribution >= 0.6 is 0 Å². The zero-order valence-corrected chi connectivity index (χ0v) is 82.1. The molecule has 0 aromatic rings. The summed E-state index contributed by atoms with van der Waals surface area (Å²) in [6.07, 6.45) is 10.2. The van der Waals surface area contributed by atoms with E-state index in [2.05, 4.69) is 126 Å². The highest BCUT2D eigenvalue weighted by molar-refractivity contribution is 5.94. The van der Waals surface area contributed by atoms with Gasteiger partial charge in [0, 0.05) is 91.3 Å². The first kappa shape index (κ1) is 136. The number of nitrogens with one attached hydrogen (secondary N) is 10. The fourth-order valence-corrected chi connectivity index (χ4v) is 10.4. The van der Waals surface area contributed by atoms with Crippen LogP contribution in [0, 0.1) is 0 Å². The molecule has 44 heteroatoms. The maximum Gasteiger partial charge on any atom is 0.246 e. The Hall–Kier alpha value is -9.41. The van der Waals surface area contributed by atoms with Crippen LogP contribution in [0.2, 0.25) is 0 Å². The van der Waals surface area contributed by atoms with E-state index in [1.165, 1.54) is 43.6 Å². The molecule has 798 valence electrons. The molecule has 0 rings (SSSR count). The van der Waals surface area contributed by atoms with Gasteiger partial charge in [-0.05, 0) is 158 Å². The molecular formula is C95H164N10O34. The summed E-state index contributed by atoms with van der Waals surface area (Å²) in [6.45, 7) is 48.1. The Morgan fingerprint density at radius 2 is 0.597 bits per heavy atom. The smallest absolute Gasteiger partial charge is 0.246 e. The van der Waals surface area contributed by atoms with Crippen LogP contribution in [-0.4, -0.2) is 397 Å². The molecule has 0 fully saturated rings. The van der Waals surface area contributed by atoms with Crippen molar-refractivity contribution in [3.05, 3.63) is 138 Å². The first-order chi connectivity index (χ1) is 66.5. The van der Waals surface area contributed by atoms with E-state index in [4.69, 9.17) is 71.1 Å². The highest BCUT2D eigenvalue weighted by atomic mass is 16.6. The predicted octanol–water partition coefficient (Wildman–Crippen LogP) is -0.531. The molecule has 8 unspecified atom stereocenters. The van der Waals surface area contributed by atoms with Crippen molar-refractivity contribution in [2.75, 3.05) is 225 Å². The number of allylic oxidation sites excluding steroid dienone is 1. The van der Waals surface area contributed by atoms with Crippen molar-refractivity contribution in [1.29, 1.82) is 0 Å². The standard InChI is InChI=1S/C29H51N3O12.C27H47N3O9.C20H33N3O7.C19H33NO6/c1-5-26(36)30-20-41-15-23(33)9-12-39-18-29(8-4,44-14-11-25(35)17-43-22-32-28(38)7-3)19-40-13-10-24(34)16-42-21-31-27(37)6-2;1-4-25(34)28-13-7-10-21(31)16-37-19-24(39-18-23(33)12-9-15-30-27(36)6-3)20-38-17-22(32)11-8-14-29-26(35)5-2;1-5-17(24)21-8-11-28-15-20(14-27-4,30-13-10-23-19(26)7-3)16-29-12-9-22-18(25)6-2;1-14(2)18(23)8-7-16(21)12-25-9-5-6-10-26-13-17(22)11-20-19(24)15(3)4/h5-7,23-25,33-35H,1-3,8-22H2,4H3,(H,30,36)(H,31,37)(H,32,38);4-6,21-24,31-33H,1-3,7-20H2,(H,28,34)(H,29,35)(H,30,36);5-7H,1-3,8-16H2,4H3,(H,21,24)(H,22,25)(H,23,26);16-17,21-22H,1,3,5-13H2,2,4H3,(H,20,24). The van der Waals surface area contributed by atoms with Gasteiger partial charge in [-0.25, -0.2) is 0 Å². The van der Waals surface area contributed by atoms with E-state index < -0.39 is 66.1 Å². The molecule has 0 aliphatic heterocycles. The predicted molar refractivity (Wildman–Crippen MR) is 518 cm³/mol. The van der Waals surface area contributed by atoms with Crippen molar-refractivity contribution in [2.45, 2.75) is 177 Å². The molecule has 139 heavy (non-hydrogen) atoms. The van der Waals surface area contributed by atoms with Crippen LogP contribution in [0.3, 0.4) is 0 Å². The van der Waals surface area contributed by atoms with Gasteiger partial charge in [0.2, 0.25) is 59.1 Å². The number of aliphatic hydroxyl groups is 8. The minimum Gasteiger partial charge on any atom is -0.391 e. The third-order valence-corrected chi connectivity index (χ3v) is 18.4. The number of Topliss-reactive ketones (excluding diaryl/α,β-unsaturated/α-hetero) is 1. The Morgan fingerprint density at radius 1 is 0.295 bits per heavy atom. The molecule has 0 aliphatic carbocycles. The fraction of sp³-hybridized carbons (Fsp3) is 0.653. The second-order valence-electron chi connectivity index (χ2n) is 31.0. The average Bonchev–Trinajstić information content (AvgIpc) is 0.881. The van der Waals surface area contributed by atoms with E-state index in [1.807, 2.05) is 6.92 Å². The number of amides is 10. The van der Waals surface area contributed by atoms with E-state index in [0.717, 1.165) is 31.1 Å². The van der Waals surface area contributed by atoms with Crippen molar-refractivity contribution in [1.82, 2.24) is 53.2 Å². The number of ether oxygens (including phenoxy) is 15. The van der Waals surface area contributed by atoms with E-state index in [-0.39, 0.29) is 263 Å². The summed E-state index contributed by atoms with van der Waals surface area (Å²) in [5.74, 6) is -3.17. The molecule has 0 aromatic heterocycles. The minimum atomic E-state index is -0.946. The molecular weight excluding hydrogens is 1830 g/mol. The second-order valence-corrected chi connectivity index (χ2v) is 31.0. The van der Waals surface area contributed by atoms with Crippen LogP contribution in [0.1, 0.15) is 111 Å². The Labute approximate surface area is 819 Å². The van der Waals surface area contributed by atoms with Crippen LogP contribution in [0.4, 0.5) is 0 Å². The Kier molecular flexibility index (Phi) is 91.4. The van der Waals surface area contributed by atoms with Crippen molar-refractivity contribution in [3.63, 3.8) is 0 Å². The second kappa shape index (κ2) is 93.5. The lowest BCUT2D eigenvalue weighted by Gasteiger charge is -2.33. The number of hydrogen-bond acceptors (Lipinski definition) is 34. The molecule has 0 aliphatic rings. The molecule has 8 atom stereocenters. The summed E-state index contributed by atoms with van der Waals surface area (Å²) in [6, 6.07) is 0. The van der Waals surface area contributed by atoms with Gasteiger partial charge in [0.25, 0.3) is 0 Å². The molecule has 18 N–H and O–H groups in total. The van der Waals surface area contributed by atoms with E-state index in [1.54, 1.807) is 13.8 Å². The third-order valence-electron chi connectivity index (χ3n) is 18.4. The van der Waals surface area contributed by atoms with Gasteiger partial charge in [-0.1, -0.05) is 79.3 Å². The summed E-state index contributed by atoms with van der Waals surface area (Å²) in [4.78, 5) is 123. The summed E-state index contributed by atoms with van der Waals surface area (Å²) in [5, 5.41) is 106. The average molecular weight is 1990 g/mol. The van der Waals surface area contributed by atoms with Crippen molar-refractivity contribution >= 4 is 64.9 Å². The lowest BCUT2D eigenvalue weighted by Crippen LogP contribution is -2.49. The molecule has 0 saturated heterocycles. The number of aliphatic hydroxyl groups excluding tert-OH is 8. The number of hydrogen-bond donors (Lipinski definition) is 18. The molecule has 0 spiro atoms. The van der Waals surface area contributed by atoms with Crippen LogP contribution in [-0.2, 0) is 124 Å². The normalized spacial score (nSPS) is 13.2. The van der Waals surface area contributed by atoms with Crippen LogP contribution in [0.5, 0.6) is 0 Å². The van der Waals surface area contributed by atoms with Gasteiger partial charge < -0.3 is 165 Å². The van der Waals surface area contributed by atoms with Gasteiger partial charge in [-0.3, -0.25) is 52.7 Å². The quantitative estimate of drug-likeness (QED) is 0.0207. The summed E-state index contributed by atoms with van der Waals surface area (Å²) in [5.41, 5.74) is -0.934. The van der Waals surface area contributed by atoms with Crippen molar-refractivity contribution < 1.29 is 165 Å². The number of unbranched alkanes of at least 4 members (excludes halogenated alkanes) is 1. The number of ketones is 1. The topological polar surface area (TPSA) is 608 Å². The first-order valence-corrected chi connectivity index (χ1v) is 45.9. The third kappa shape index (κ3) is 88.5. The lowest BCUT2D eigenvalue weighted by atomic mass is 10.0. The first-order valence-electron chi connectivity index (χ1n) is 45.9.